The van der Waals surface area contributed by atoms with Crippen molar-refractivity contribution in [3.63, 3.8) is 0 Å². The Hall–Kier alpha value is -2.83. The second-order valence-corrected chi connectivity index (χ2v) is 7.02. The number of fused-ring (bicyclic) bond motifs is 1. The van der Waals surface area contributed by atoms with Crippen LogP contribution in [-0.4, -0.2) is 63.9 Å². The zero-order valence-corrected chi connectivity index (χ0v) is 16.6. The Kier molecular flexibility index (Phi) is 6.12. The molecular formula is C23H25NO5. The van der Waals surface area contributed by atoms with E-state index in [4.69, 9.17) is 18.9 Å². The van der Waals surface area contributed by atoms with Gasteiger partial charge in [-0.3, -0.25) is 9.69 Å². The summed E-state index contributed by atoms with van der Waals surface area (Å²) < 4.78 is 22.1. The van der Waals surface area contributed by atoms with E-state index in [9.17, 15) is 4.79 Å². The summed E-state index contributed by atoms with van der Waals surface area (Å²) in [6.45, 7) is 5.30. The Morgan fingerprint density at radius 2 is 1.83 bits per heavy atom. The van der Waals surface area contributed by atoms with Gasteiger partial charge in [0, 0.05) is 31.3 Å². The normalized spacial score (nSPS) is 18.2. The van der Waals surface area contributed by atoms with E-state index in [-0.39, 0.29) is 12.4 Å². The molecule has 0 N–H and O–H groups in total. The number of hydrogen-bond donors (Lipinski definition) is 0. The molecule has 1 saturated heterocycles. The molecule has 0 aromatic heterocycles. The molecule has 2 aromatic rings. The highest BCUT2D eigenvalue weighted by Gasteiger charge is 2.23. The van der Waals surface area contributed by atoms with Crippen molar-refractivity contribution in [2.75, 3.05) is 53.2 Å². The van der Waals surface area contributed by atoms with Gasteiger partial charge in [-0.25, -0.2) is 0 Å². The van der Waals surface area contributed by atoms with E-state index < -0.39 is 0 Å². The molecule has 0 atom stereocenters. The summed E-state index contributed by atoms with van der Waals surface area (Å²) in [6, 6.07) is 13.0. The quantitative estimate of drug-likeness (QED) is 0.701. The Morgan fingerprint density at radius 3 is 2.59 bits per heavy atom. The van der Waals surface area contributed by atoms with Gasteiger partial charge >= 0.3 is 0 Å². The molecular weight excluding hydrogens is 370 g/mol. The predicted molar refractivity (Wildman–Crippen MR) is 110 cm³/mol. The van der Waals surface area contributed by atoms with Gasteiger partial charge in [0.1, 0.15) is 30.5 Å². The van der Waals surface area contributed by atoms with E-state index in [0.29, 0.717) is 29.2 Å². The van der Waals surface area contributed by atoms with E-state index in [0.717, 1.165) is 44.2 Å². The molecule has 0 amide bonds. The molecule has 1 fully saturated rings. The summed E-state index contributed by atoms with van der Waals surface area (Å²) in [6.07, 6.45) is 1.87. The number of morpholine rings is 1. The third kappa shape index (κ3) is 4.78. The van der Waals surface area contributed by atoms with Gasteiger partial charge in [0.2, 0.25) is 0 Å². The lowest BCUT2D eigenvalue weighted by molar-refractivity contribution is 0.0322. The van der Waals surface area contributed by atoms with Crippen molar-refractivity contribution in [3.8, 4) is 17.2 Å². The molecule has 2 aromatic carbocycles. The zero-order valence-electron chi connectivity index (χ0n) is 16.6. The zero-order chi connectivity index (χ0) is 20.1. The lowest BCUT2D eigenvalue weighted by Gasteiger charge is -2.26. The number of methoxy groups -OCH3 is 1. The van der Waals surface area contributed by atoms with Gasteiger partial charge in [-0.2, -0.15) is 0 Å². The Labute approximate surface area is 170 Å². The second-order valence-electron chi connectivity index (χ2n) is 7.02. The maximum absolute atomic E-state index is 12.8. The summed E-state index contributed by atoms with van der Waals surface area (Å²) in [4.78, 5) is 15.1. The van der Waals surface area contributed by atoms with Crippen LogP contribution in [0.25, 0.3) is 6.08 Å². The third-order valence-electron chi connectivity index (χ3n) is 5.11. The van der Waals surface area contributed by atoms with Crippen molar-refractivity contribution in [2.24, 2.45) is 0 Å². The first-order valence-electron chi connectivity index (χ1n) is 9.82. The SMILES string of the molecule is COc1ccc2c(c1)OC/C(=C\c1ccc(OCCN3CCOCC3)cc1)C2=O. The van der Waals surface area contributed by atoms with Crippen molar-refractivity contribution < 1.29 is 23.7 Å². The van der Waals surface area contributed by atoms with Crippen LogP contribution in [0.4, 0.5) is 0 Å². The molecule has 0 spiro atoms. The van der Waals surface area contributed by atoms with Crippen LogP contribution < -0.4 is 14.2 Å². The molecule has 6 nitrogen and oxygen atoms in total. The standard InChI is InChI=1S/C23H25NO5/c1-26-20-6-7-21-22(15-20)29-16-18(23(21)25)14-17-2-4-19(5-3-17)28-13-10-24-8-11-27-12-9-24/h2-7,14-15H,8-13,16H2,1H3/b18-14+. The summed E-state index contributed by atoms with van der Waals surface area (Å²) in [5, 5.41) is 0. The number of ether oxygens (including phenoxy) is 4. The molecule has 0 radical (unpaired) electrons. The molecule has 6 heteroatoms. The fraction of sp³-hybridized carbons (Fsp3) is 0.348. The van der Waals surface area contributed by atoms with Gasteiger partial charge in [0.05, 0.1) is 25.9 Å². The maximum Gasteiger partial charge on any atom is 0.196 e. The van der Waals surface area contributed by atoms with Gasteiger partial charge < -0.3 is 18.9 Å². The number of Topliss-reactive ketones (excluding diaryl/α,β-unsaturated/α-hetero) is 1. The van der Waals surface area contributed by atoms with E-state index >= 15 is 0 Å². The number of nitrogens with zero attached hydrogens (tertiary/aromatic N) is 1. The van der Waals surface area contributed by atoms with E-state index in [1.54, 1.807) is 25.3 Å². The van der Waals surface area contributed by atoms with Crippen LogP contribution in [-0.2, 0) is 4.74 Å². The number of ketones is 1. The highest BCUT2D eigenvalue weighted by Crippen LogP contribution is 2.31. The minimum atomic E-state index is -0.0141. The van der Waals surface area contributed by atoms with Crippen LogP contribution in [0.15, 0.2) is 48.0 Å². The van der Waals surface area contributed by atoms with Gasteiger partial charge in [-0.1, -0.05) is 12.1 Å². The summed E-state index contributed by atoms with van der Waals surface area (Å²) in [5.41, 5.74) is 2.13. The van der Waals surface area contributed by atoms with Gasteiger partial charge in [0.25, 0.3) is 0 Å². The second kappa shape index (κ2) is 9.11. The first-order chi connectivity index (χ1) is 14.2. The topological polar surface area (TPSA) is 57.2 Å². The lowest BCUT2D eigenvalue weighted by atomic mass is 9.98. The van der Waals surface area contributed by atoms with Crippen LogP contribution >= 0.6 is 0 Å². The minimum Gasteiger partial charge on any atom is -0.497 e. The van der Waals surface area contributed by atoms with Crippen molar-refractivity contribution in [2.45, 2.75) is 0 Å². The molecule has 0 unspecified atom stereocenters. The Morgan fingerprint density at radius 1 is 1.07 bits per heavy atom. The first-order valence-corrected chi connectivity index (χ1v) is 9.82. The van der Waals surface area contributed by atoms with E-state index in [1.165, 1.54) is 0 Å². The largest absolute Gasteiger partial charge is 0.497 e. The van der Waals surface area contributed by atoms with Gasteiger partial charge in [-0.05, 0) is 35.9 Å². The molecule has 0 saturated carbocycles. The number of carbonyl (C=O) groups excluding carboxylic acids is 1. The molecule has 2 aliphatic heterocycles. The molecule has 0 aliphatic carbocycles. The van der Waals surface area contributed by atoms with Crippen LogP contribution in [0.1, 0.15) is 15.9 Å². The molecule has 2 aliphatic rings. The lowest BCUT2D eigenvalue weighted by Crippen LogP contribution is -2.38. The molecule has 29 heavy (non-hydrogen) atoms. The molecule has 2 heterocycles. The van der Waals surface area contributed by atoms with E-state index in [2.05, 4.69) is 4.90 Å². The van der Waals surface area contributed by atoms with Crippen LogP contribution in [0.2, 0.25) is 0 Å². The smallest absolute Gasteiger partial charge is 0.196 e. The van der Waals surface area contributed by atoms with Crippen molar-refractivity contribution >= 4 is 11.9 Å². The number of carbonyl (C=O) groups is 1. The number of benzene rings is 2. The average molecular weight is 395 g/mol. The fourth-order valence-corrected chi connectivity index (χ4v) is 3.42. The molecule has 152 valence electrons. The highest BCUT2D eigenvalue weighted by atomic mass is 16.5. The van der Waals surface area contributed by atoms with Crippen molar-refractivity contribution in [1.82, 2.24) is 4.90 Å². The third-order valence-corrected chi connectivity index (χ3v) is 5.11. The van der Waals surface area contributed by atoms with Crippen LogP contribution in [0.3, 0.4) is 0 Å². The fourth-order valence-electron chi connectivity index (χ4n) is 3.42. The van der Waals surface area contributed by atoms with Crippen molar-refractivity contribution in [1.29, 1.82) is 0 Å². The van der Waals surface area contributed by atoms with Gasteiger partial charge in [-0.15, -0.1) is 0 Å². The Bertz CT molecular complexity index is 885. The summed E-state index contributed by atoms with van der Waals surface area (Å²) in [7, 11) is 1.59. The van der Waals surface area contributed by atoms with Crippen molar-refractivity contribution in [3.05, 3.63) is 59.2 Å². The van der Waals surface area contributed by atoms with Crippen LogP contribution in [0.5, 0.6) is 17.2 Å². The summed E-state index contributed by atoms with van der Waals surface area (Å²) >= 11 is 0. The predicted octanol–water partition coefficient (Wildman–Crippen LogP) is 3.06. The average Bonchev–Trinajstić information content (AvgIpc) is 2.77. The van der Waals surface area contributed by atoms with Crippen LogP contribution in [0, 0.1) is 0 Å². The first kappa shape index (κ1) is 19.5. The Balaban J connectivity index is 1.36. The van der Waals surface area contributed by atoms with E-state index in [1.807, 2.05) is 30.3 Å². The number of rotatable bonds is 6. The molecule has 0 bridgehead atoms. The van der Waals surface area contributed by atoms with Gasteiger partial charge in [0.15, 0.2) is 5.78 Å². The maximum atomic E-state index is 12.8. The number of hydrogen-bond acceptors (Lipinski definition) is 6. The minimum absolute atomic E-state index is 0.0141. The monoisotopic (exact) mass is 395 g/mol. The highest BCUT2D eigenvalue weighted by molar-refractivity contribution is 6.14. The molecule has 4 rings (SSSR count). The summed E-state index contributed by atoms with van der Waals surface area (Å²) in [5.74, 6) is 2.05.